The lowest BCUT2D eigenvalue weighted by atomic mass is 9.95. The van der Waals surface area contributed by atoms with Crippen molar-refractivity contribution in [3.05, 3.63) is 24.3 Å². The zero-order chi connectivity index (χ0) is 27.5. The summed E-state index contributed by atoms with van der Waals surface area (Å²) < 4.78 is 98.6. The highest BCUT2D eigenvalue weighted by molar-refractivity contribution is 7.91. The fraction of sp³-hybridized carbons (Fsp3) is 0.667. The third-order valence-corrected chi connectivity index (χ3v) is 9.27. The summed E-state index contributed by atoms with van der Waals surface area (Å²) in [6.07, 6.45) is -11.2. The maximum absolute atomic E-state index is 13.6. The number of hydrogen-bond acceptors (Lipinski definition) is 8. The van der Waals surface area contributed by atoms with Gasteiger partial charge in [0.1, 0.15) is 5.75 Å². The SMILES string of the molecule is COCCN1CCC(C(=O)NO)(S(=O)(=O)N2CCN(c3ccc(OC(F)(F)C(F)(F)F)cc3)CC2)CC1.Cl.Cl. The number of anilines is 1. The predicted octanol–water partition coefficient (Wildman–Crippen LogP) is 2.50. The third-order valence-electron chi connectivity index (χ3n) is 6.64. The van der Waals surface area contributed by atoms with Crippen LogP contribution in [0.1, 0.15) is 12.8 Å². The molecule has 0 aromatic heterocycles. The van der Waals surface area contributed by atoms with Gasteiger partial charge in [-0.2, -0.15) is 26.3 Å². The van der Waals surface area contributed by atoms with Crippen molar-refractivity contribution in [3.63, 3.8) is 0 Å². The number of nitrogens with one attached hydrogen (secondary N) is 1. The number of ether oxygens (including phenoxy) is 2. The van der Waals surface area contributed by atoms with Crippen LogP contribution >= 0.6 is 24.8 Å². The number of benzene rings is 1. The Bertz CT molecular complexity index is 1040. The molecule has 39 heavy (non-hydrogen) atoms. The summed E-state index contributed by atoms with van der Waals surface area (Å²) in [7, 11) is -2.63. The summed E-state index contributed by atoms with van der Waals surface area (Å²) in [5.41, 5.74) is 1.98. The highest BCUT2D eigenvalue weighted by atomic mass is 35.5. The molecule has 2 N–H and O–H groups in total. The Labute approximate surface area is 235 Å². The number of nitrogens with zero attached hydrogens (tertiary/aromatic N) is 3. The molecule has 0 unspecified atom stereocenters. The van der Waals surface area contributed by atoms with E-state index in [9.17, 15) is 40.4 Å². The smallest absolute Gasteiger partial charge is 0.426 e. The standard InChI is InChI=1S/C21H29F5N4O6S.2ClH/c1-35-15-14-28-8-6-19(7-9-28,18(31)27-32)37(33,34)30-12-10-29(11-13-30)16-2-4-17(5-3-16)36-21(25,26)20(22,23)24;;/h2-5,32H,6-15H2,1H3,(H,27,31);2*1H. The van der Waals surface area contributed by atoms with Gasteiger partial charge >= 0.3 is 12.3 Å². The number of likely N-dealkylation sites (tertiary alicyclic amines) is 1. The number of rotatable bonds is 9. The fourth-order valence-corrected chi connectivity index (χ4v) is 6.54. The van der Waals surface area contributed by atoms with Crippen LogP contribution in [0, 0.1) is 0 Å². The molecule has 1 aromatic carbocycles. The van der Waals surface area contributed by atoms with Gasteiger partial charge in [-0.15, -0.1) is 24.8 Å². The number of piperazine rings is 1. The van der Waals surface area contributed by atoms with Crippen LogP contribution in [0.2, 0.25) is 0 Å². The molecule has 18 heteroatoms. The minimum atomic E-state index is -5.86. The molecule has 1 amide bonds. The Morgan fingerprint density at radius 1 is 1.00 bits per heavy atom. The monoisotopic (exact) mass is 632 g/mol. The van der Waals surface area contributed by atoms with Gasteiger partial charge in [-0.1, -0.05) is 0 Å². The largest absolute Gasteiger partial charge is 0.499 e. The number of carbonyl (C=O) groups is 1. The quantitative estimate of drug-likeness (QED) is 0.243. The van der Waals surface area contributed by atoms with Crippen LogP contribution in [0.25, 0.3) is 0 Å². The van der Waals surface area contributed by atoms with Crippen LogP contribution in [0.5, 0.6) is 5.75 Å². The molecule has 2 heterocycles. The van der Waals surface area contributed by atoms with Gasteiger partial charge in [0.15, 0.2) is 4.75 Å². The Kier molecular flexibility index (Phi) is 12.5. The number of piperidine rings is 1. The van der Waals surface area contributed by atoms with Crippen molar-refractivity contribution >= 4 is 46.4 Å². The summed E-state index contributed by atoms with van der Waals surface area (Å²) in [6.45, 7) is 2.01. The molecule has 0 radical (unpaired) electrons. The minimum Gasteiger partial charge on any atom is -0.426 e. The Balaban J connectivity index is 0.00000380. The average molecular weight is 633 g/mol. The number of alkyl halides is 5. The maximum atomic E-state index is 13.6. The van der Waals surface area contributed by atoms with Crippen molar-refractivity contribution in [2.24, 2.45) is 0 Å². The third kappa shape index (κ3) is 7.54. The van der Waals surface area contributed by atoms with Gasteiger partial charge in [0.25, 0.3) is 5.91 Å². The number of carbonyl (C=O) groups excluding carboxylic acids is 1. The zero-order valence-electron chi connectivity index (χ0n) is 20.8. The lowest BCUT2D eigenvalue weighted by Gasteiger charge is -2.44. The average Bonchev–Trinajstić information content (AvgIpc) is 2.87. The first-order valence-electron chi connectivity index (χ1n) is 11.4. The summed E-state index contributed by atoms with van der Waals surface area (Å²) in [5.74, 6) is -1.67. The number of hydrogen-bond donors (Lipinski definition) is 2. The fourth-order valence-electron chi connectivity index (χ4n) is 4.43. The van der Waals surface area contributed by atoms with Gasteiger partial charge in [0.2, 0.25) is 10.0 Å². The van der Waals surface area contributed by atoms with E-state index in [-0.39, 0.29) is 63.8 Å². The van der Waals surface area contributed by atoms with Crippen molar-refractivity contribution in [3.8, 4) is 5.75 Å². The van der Waals surface area contributed by atoms with E-state index in [1.807, 2.05) is 4.90 Å². The number of amides is 1. The van der Waals surface area contributed by atoms with E-state index >= 15 is 0 Å². The molecule has 0 saturated carbocycles. The Morgan fingerprint density at radius 3 is 2.00 bits per heavy atom. The normalized spacial score (nSPS) is 19.0. The first kappa shape index (κ1) is 35.3. The molecular formula is C21H31Cl2F5N4O6S. The number of hydroxylamine groups is 1. The van der Waals surface area contributed by atoms with E-state index in [4.69, 9.17) is 4.74 Å². The van der Waals surface area contributed by atoms with Crippen molar-refractivity contribution < 1.29 is 49.8 Å². The van der Waals surface area contributed by atoms with Crippen LogP contribution in [0.4, 0.5) is 27.6 Å². The maximum Gasteiger partial charge on any atom is 0.499 e. The van der Waals surface area contributed by atoms with E-state index in [2.05, 4.69) is 4.74 Å². The molecule has 0 aliphatic carbocycles. The summed E-state index contributed by atoms with van der Waals surface area (Å²) in [6, 6.07) is 4.52. The number of methoxy groups -OCH3 is 1. The van der Waals surface area contributed by atoms with Crippen molar-refractivity contribution in [1.82, 2.24) is 14.7 Å². The molecular weight excluding hydrogens is 602 g/mol. The molecule has 0 spiro atoms. The van der Waals surface area contributed by atoms with Gasteiger partial charge in [0.05, 0.1) is 6.61 Å². The van der Waals surface area contributed by atoms with E-state index in [1.165, 1.54) is 21.9 Å². The van der Waals surface area contributed by atoms with E-state index in [0.29, 0.717) is 31.9 Å². The van der Waals surface area contributed by atoms with Gasteiger partial charge in [0, 0.05) is 58.6 Å². The van der Waals surface area contributed by atoms with Gasteiger partial charge in [-0.25, -0.2) is 13.9 Å². The lowest BCUT2D eigenvalue weighted by Crippen LogP contribution is -2.63. The van der Waals surface area contributed by atoms with Crippen LogP contribution in [-0.4, -0.2) is 105 Å². The van der Waals surface area contributed by atoms with Crippen molar-refractivity contribution in [2.75, 3.05) is 64.4 Å². The molecule has 3 rings (SSSR count). The molecule has 0 bridgehead atoms. The predicted molar refractivity (Wildman–Crippen MR) is 135 cm³/mol. The van der Waals surface area contributed by atoms with Gasteiger partial charge in [-0.3, -0.25) is 10.0 Å². The second-order valence-electron chi connectivity index (χ2n) is 8.77. The van der Waals surface area contributed by atoms with Crippen molar-refractivity contribution in [1.29, 1.82) is 0 Å². The molecule has 2 saturated heterocycles. The highest BCUT2D eigenvalue weighted by Gasteiger charge is 2.61. The number of halogens is 7. The Hall–Kier alpha value is -1.69. The summed E-state index contributed by atoms with van der Waals surface area (Å²) >= 11 is 0. The first-order valence-corrected chi connectivity index (χ1v) is 12.9. The highest BCUT2D eigenvalue weighted by Crippen LogP contribution is 2.38. The van der Waals surface area contributed by atoms with Crippen LogP contribution in [0.15, 0.2) is 24.3 Å². The molecule has 2 fully saturated rings. The molecule has 2 aliphatic heterocycles. The minimum absolute atomic E-state index is 0. The lowest BCUT2D eigenvalue weighted by molar-refractivity contribution is -0.360. The molecule has 10 nitrogen and oxygen atoms in total. The molecule has 226 valence electrons. The van der Waals surface area contributed by atoms with E-state index in [1.54, 1.807) is 12.0 Å². The second-order valence-corrected chi connectivity index (χ2v) is 11.0. The topological polar surface area (TPSA) is 112 Å². The number of sulfonamides is 1. The van der Waals surface area contributed by atoms with Crippen LogP contribution in [0.3, 0.4) is 0 Å². The molecule has 2 aliphatic rings. The van der Waals surface area contributed by atoms with Crippen LogP contribution in [-0.2, 0) is 19.6 Å². The first-order chi connectivity index (χ1) is 17.3. The summed E-state index contributed by atoms with van der Waals surface area (Å²) in [5, 5.41) is 9.31. The van der Waals surface area contributed by atoms with Gasteiger partial charge in [-0.05, 0) is 37.1 Å². The zero-order valence-corrected chi connectivity index (χ0v) is 23.3. The molecule has 1 aromatic rings. The Morgan fingerprint density at radius 2 is 1.54 bits per heavy atom. The van der Waals surface area contributed by atoms with Crippen molar-refractivity contribution in [2.45, 2.75) is 29.9 Å². The van der Waals surface area contributed by atoms with Crippen LogP contribution < -0.4 is 15.1 Å². The van der Waals surface area contributed by atoms with Gasteiger partial charge < -0.3 is 19.3 Å². The summed E-state index contributed by atoms with van der Waals surface area (Å²) in [4.78, 5) is 16.3. The van der Waals surface area contributed by atoms with E-state index in [0.717, 1.165) is 12.1 Å². The molecule has 0 atom stereocenters. The second kappa shape index (κ2) is 13.8. The van der Waals surface area contributed by atoms with E-state index < -0.39 is 38.7 Å².